The number of anilines is 1. The second-order valence-electron chi connectivity index (χ2n) is 7.40. The van der Waals surface area contributed by atoms with Crippen molar-refractivity contribution in [3.63, 3.8) is 0 Å². The summed E-state index contributed by atoms with van der Waals surface area (Å²) in [4.78, 5) is 24.8. The number of nitrogens with two attached hydrogens (primary N) is 1. The minimum absolute atomic E-state index is 0.0142. The molecule has 11 heteroatoms. The lowest BCUT2D eigenvalue weighted by Gasteiger charge is -2.36. The van der Waals surface area contributed by atoms with Gasteiger partial charge in [-0.3, -0.25) is 19.9 Å². The van der Waals surface area contributed by atoms with Gasteiger partial charge in [-0.25, -0.2) is 10.3 Å². The molecule has 4 N–H and O–H groups in total. The molecule has 2 aromatic rings. The van der Waals surface area contributed by atoms with Gasteiger partial charge >= 0.3 is 0 Å². The van der Waals surface area contributed by atoms with E-state index < -0.39 is 23.3 Å². The number of hydrogen-bond acceptors (Lipinski definition) is 9. The van der Waals surface area contributed by atoms with E-state index in [1.807, 2.05) is 34.2 Å². The van der Waals surface area contributed by atoms with Crippen molar-refractivity contribution >= 4 is 17.3 Å². The Morgan fingerprint density at radius 1 is 1.35 bits per heavy atom. The minimum Gasteiger partial charge on any atom is -0.449 e. The molecule has 0 spiro atoms. The molecule has 2 unspecified atom stereocenters. The lowest BCUT2D eigenvalue weighted by Crippen LogP contribution is -2.53. The van der Waals surface area contributed by atoms with Crippen molar-refractivity contribution in [1.82, 2.24) is 10.3 Å². The normalized spacial score (nSPS) is 21.9. The number of carbonyl (C=O) groups is 1. The summed E-state index contributed by atoms with van der Waals surface area (Å²) in [5.74, 6) is -1.33. The molecule has 1 saturated heterocycles. The molecule has 3 aliphatic rings. The average molecular weight is 429 g/mol. The molecule has 2 atom stereocenters. The maximum absolute atomic E-state index is 11.9. The summed E-state index contributed by atoms with van der Waals surface area (Å²) in [7, 11) is 0. The highest BCUT2D eigenvalue weighted by molar-refractivity contribution is 5.95. The minimum atomic E-state index is -1.16. The van der Waals surface area contributed by atoms with Gasteiger partial charge in [0.05, 0.1) is 42.7 Å². The lowest BCUT2D eigenvalue weighted by atomic mass is 9.98. The summed E-state index contributed by atoms with van der Waals surface area (Å²) in [5, 5.41) is 23.1. The van der Waals surface area contributed by atoms with Crippen LogP contribution in [0.25, 0.3) is 0 Å². The number of benzene rings is 2. The highest BCUT2D eigenvalue weighted by Gasteiger charge is 2.41. The third-order valence-corrected chi connectivity index (χ3v) is 5.50. The van der Waals surface area contributed by atoms with E-state index >= 15 is 0 Å². The topological polar surface area (TPSA) is 143 Å². The molecule has 3 aliphatic heterocycles. The SMILES string of the molecule is CC1(OCCc2c(C(N)=O)ccc(CO)c2[N+](=O)[O-])Oc2ccc(cc2)N2CN1CN2. The molecule has 4 bridgehead atoms. The average Bonchev–Trinajstić information content (AvgIpc) is 3.26. The molecule has 0 saturated carbocycles. The van der Waals surface area contributed by atoms with Crippen LogP contribution in [0.5, 0.6) is 5.75 Å². The fourth-order valence-electron chi connectivity index (χ4n) is 3.85. The Morgan fingerprint density at radius 3 is 2.74 bits per heavy atom. The smallest absolute Gasteiger partial charge is 0.278 e. The lowest BCUT2D eigenvalue weighted by molar-refractivity contribution is -0.386. The van der Waals surface area contributed by atoms with E-state index in [1.54, 1.807) is 6.92 Å². The van der Waals surface area contributed by atoms with Crippen LogP contribution in [0.3, 0.4) is 0 Å². The third kappa shape index (κ3) is 3.91. The number of aliphatic hydroxyl groups excluding tert-OH is 1. The molecule has 5 rings (SSSR count). The molecule has 1 fully saturated rings. The quantitative estimate of drug-likeness (QED) is 0.434. The van der Waals surface area contributed by atoms with Gasteiger partial charge < -0.3 is 20.3 Å². The number of carbonyl (C=O) groups excluding carboxylic acids is 1. The van der Waals surface area contributed by atoms with E-state index in [4.69, 9.17) is 15.2 Å². The molecular weight excluding hydrogens is 406 g/mol. The van der Waals surface area contributed by atoms with Gasteiger partial charge in [0, 0.05) is 24.5 Å². The largest absolute Gasteiger partial charge is 0.449 e. The molecule has 0 aliphatic carbocycles. The van der Waals surface area contributed by atoms with Gasteiger partial charge in [-0.15, -0.1) is 0 Å². The second-order valence-corrected chi connectivity index (χ2v) is 7.40. The van der Waals surface area contributed by atoms with Gasteiger partial charge in [0.15, 0.2) is 0 Å². The van der Waals surface area contributed by atoms with Gasteiger partial charge in [-0.1, -0.05) is 0 Å². The number of aliphatic hydroxyl groups is 1. The van der Waals surface area contributed by atoms with Crippen molar-refractivity contribution < 1.29 is 24.3 Å². The Labute approximate surface area is 178 Å². The van der Waals surface area contributed by atoms with Crippen LogP contribution >= 0.6 is 0 Å². The number of hydrogen-bond donors (Lipinski definition) is 3. The molecule has 31 heavy (non-hydrogen) atoms. The first-order valence-corrected chi connectivity index (χ1v) is 9.71. The zero-order valence-corrected chi connectivity index (χ0v) is 16.9. The molecule has 2 aromatic carbocycles. The molecule has 3 heterocycles. The number of ether oxygens (including phenoxy) is 2. The van der Waals surface area contributed by atoms with Crippen LogP contribution in [0.1, 0.15) is 28.4 Å². The Balaban J connectivity index is 1.59. The molecule has 0 aromatic heterocycles. The number of nitro benzene ring substituents is 1. The summed E-state index contributed by atoms with van der Waals surface area (Å²) < 4.78 is 12.2. The summed E-state index contributed by atoms with van der Waals surface area (Å²) >= 11 is 0. The van der Waals surface area contributed by atoms with Crippen molar-refractivity contribution in [3.8, 4) is 5.75 Å². The Morgan fingerprint density at radius 2 is 2.10 bits per heavy atom. The number of nitrogens with one attached hydrogen (secondary N) is 1. The van der Waals surface area contributed by atoms with Crippen LogP contribution in [0.2, 0.25) is 0 Å². The van der Waals surface area contributed by atoms with E-state index in [0.29, 0.717) is 19.1 Å². The highest BCUT2D eigenvalue weighted by Crippen LogP contribution is 2.32. The van der Waals surface area contributed by atoms with Crippen molar-refractivity contribution in [3.05, 3.63) is 63.2 Å². The number of nitro groups is 1. The van der Waals surface area contributed by atoms with E-state index in [-0.39, 0.29) is 35.4 Å². The van der Waals surface area contributed by atoms with Gasteiger partial charge in [0.25, 0.3) is 11.6 Å². The third-order valence-electron chi connectivity index (χ3n) is 5.50. The van der Waals surface area contributed by atoms with Crippen LogP contribution in [0.15, 0.2) is 36.4 Å². The summed E-state index contributed by atoms with van der Waals surface area (Å²) in [6, 6.07) is 10.3. The van der Waals surface area contributed by atoms with Gasteiger partial charge in [0.1, 0.15) is 5.75 Å². The van der Waals surface area contributed by atoms with Crippen LogP contribution in [0.4, 0.5) is 11.4 Å². The maximum Gasteiger partial charge on any atom is 0.278 e. The first-order chi connectivity index (χ1) is 14.8. The number of primary amides is 1. The van der Waals surface area contributed by atoms with Crippen molar-refractivity contribution in [1.29, 1.82) is 0 Å². The molecule has 11 nitrogen and oxygen atoms in total. The molecule has 1 amide bonds. The van der Waals surface area contributed by atoms with Gasteiger partial charge in [-0.2, -0.15) is 0 Å². The Hall–Kier alpha value is -3.25. The fourth-order valence-corrected chi connectivity index (χ4v) is 3.85. The van der Waals surface area contributed by atoms with E-state index in [9.17, 15) is 20.0 Å². The number of amides is 1. The fraction of sp³-hybridized carbons (Fsp3) is 0.350. The second kappa shape index (κ2) is 8.12. The zero-order chi connectivity index (χ0) is 22.2. The van der Waals surface area contributed by atoms with Crippen LogP contribution in [-0.4, -0.2) is 46.7 Å². The molecular formula is C20H23N5O6. The maximum atomic E-state index is 11.9. The predicted molar refractivity (Wildman–Crippen MR) is 110 cm³/mol. The summed E-state index contributed by atoms with van der Waals surface area (Å²) in [5.41, 5.74) is 9.60. The summed E-state index contributed by atoms with van der Waals surface area (Å²) in [6.45, 7) is 2.22. The number of hydrazine groups is 1. The number of fused-ring (bicyclic) bond motifs is 3. The van der Waals surface area contributed by atoms with Crippen LogP contribution in [0, 0.1) is 10.1 Å². The molecule has 164 valence electrons. The monoisotopic (exact) mass is 429 g/mol. The van der Waals surface area contributed by atoms with Gasteiger partial charge in [-0.05, 0) is 36.4 Å². The van der Waals surface area contributed by atoms with Crippen LogP contribution in [-0.2, 0) is 17.8 Å². The molecule has 0 radical (unpaired) electrons. The van der Waals surface area contributed by atoms with Crippen LogP contribution < -0.4 is 20.9 Å². The van der Waals surface area contributed by atoms with E-state index in [0.717, 1.165) is 5.69 Å². The number of rotatable bonds is 7. The predicted octanol–water partition coefficient (Wildman–Crippen LogP) is 1.05. The Bertz CT molecular complexity index is 1010. The first kappa shape index (κ1) is 21.0. The highest BCUT2D eigenvalue weighted by atomic mass is 16.7. The van der Waals surface area contributed by atoms with Crippen molar-refractivity contribution in [2.45, 2.75) is 25.9 Å². The van der Waals surface area contributed by atoms with E-state index in [1.165, 1.54) is 12.1 Å². The standard InChI is InChI=1S/C20H23N5O6/c1-20(23-11-22-24(12-23)14-3-5-15(31-20)6-4-14)30-9-8-16-17(19(21)27)7-2-13(10-26)18(16)25(28)29/h2-7,22,26H,8-12H2,1H3,(H2,21,27). The summed E-state index contributed by atoms with van der Waals surface area (Å²) in [6.07, 6.45) is 0.0325. The van der Waals surface area contributed by atoms with Crippen molar-refractivity contribution in [2.24, 2.45) is 5.73 Å². The van der Waals surface area contributed by atoms with Gasteiger partial charge in [0.2, 0.25) is 5.91 Å². The first-order valence-electron chi connectivity index (χ1n) is 9.71. The van der Waals surface area contributed by atoms with Crippen molar-refractivity contribution in [2.75, 3.05) is 25.0 Å². The number of nitrogens with zero attached hydrogens (tertiary/aromatic N) is 3. The zero-order valence-electron chi connectivity index (χ0n) is 16.9. The Kier molecular flexibility index (Phi) is 5.50. The van der Waals surface area contributed by atoms with E-state index in [2.05, 4.69) is 5.43 Å².